The molecule has 114 valence electrons. The first-order chi connectivity index (χ1) is 10.0. The zero-order valence-corrected chi connectivity index (χ0v) is 13.4. The minimum absolute atomic E-state index is 0.113. The predicted molar refractivity (Wildman–Crippen MR) is 82.0 cm³/mol. The van der Waals surface area contributed by atoms with E-state index in [1.807, 2.05) is 0 Å². The third-order valence-corrected chi connectivity index (χ3v) is 4.70. The first-order valence-electron chi connectivity index (χ1n) is 7.13. The largest absolute Gasteiger partial charge is 0.481 e. The first-order valence-corrected chi connectivity index (χ1v) is 7.92. The summed E-state index contributed by atoms with van der Waals surface area (Å²) in [5.41, 5.74) is 0.160. The van der Waals surface area contributed by atoms with Crippen LogP contribution in [0.2, 0.25) is 0 Å². The van der Waals surface area contributed by atoms with Crippen LogP contribution in [-0.2, 0) is 4.79 Å². The van der Waals surface area contributed by atoms with Gasteiger partial charge >= 0.3 is 5.97 Å². The van der Waals surface area contributed by atoms with E-state index in [2.05, 4.69) is 26.2 Å². The second kappa shape index (κ2) is 7.02. The molecule has 0 bridgehead atoms. The number of halogens is 1. The van der Waals surface area contributed by atoms with Gasteiger partial charge in [0, 0.05) is 12.7 Å². The maximum atomic E-state index is 12.2. The van der Waals surface area contributed by atoms with E-state index in [0.717, 1.165) is 32.1 Å². The van der Waals surface area contributed by atoms with Crippen molar-refractivity contribution in [3.63, 3.8) is 0 Å². The Morgan fingerprint density at radius 3 is 2.67 bits per heavy atom. The van der Waals surface area contributed by atoms with Crippen molar-refractivity contribution in [2.75, 3.05) is 6.54 Å². The van der Waals surface area contributed by atoms with Gasteiger partial charge in [-0.2, -0.15) is 0 Å². The zero-order chi connectivity index (χ0) is 15.3. The van der Waals surface area contributed by atoms with Gasteiger partial charge in [-0.05, 0) is 46.3 Å². The van der Waals surface area contributed by atoms with Crippen LogP contribution in [0, 0.1) is 5.41 Å². The summed E-state index contributed by atoms with van der Waals surface area (Å²) >= 11 is 3.25. The third kappa shape index (κ3) is 4.27. The molecule has 5 nitrogen and oxygen atoms in total. The van der Waals surface area contributed by atoms with Crippen LogP contribution in [0.25, 0.3) is 0 Å². The molecule has 0 spiro atoms. The van der Waals surface area contributed by atoms with Gasteiger partial charge in [0.05, 0.1) is 12.0 Å². The van der Waals surface area contributed by atoms with Crippen LogP contribution in [0.15, 0.2) is 22.9 Å². The molecule has 0 aromatic carbocycles. The molecule has 1 amide bonds. The zero-order valence-electron chi connectivity index (χ0n) is 11.8. The highest BCUT2D eigenvalue weighted by atomic mass is 79.9. The van der Waals surface area contributed by atoms with E-state index in [-0.39, 0.29) is 17.7 Å². The van der Waals surface area contributed by atoms with Crippen LogP contribution in [-0.4, -0.2) is 28.5 Å². The summed E-state index contributed by atoms with van der Waals surface area (Å²) in [5, 5.41) is 12.0. The maximum Gasteiger partial charge on any atom is 0.303 e. The van der Waals surface area contributed by atoms with E-state index in [0.29, 0.717) is 16.7 Å². The van der Waals surface area contributed by atoms with Crippen molar-refractivity contribution < 1.29 is 14.7 Å². The number of aliphatic carboxylic acids is 1. The normalized spacial score (nSPS) is 17.2. The summed E-state index contributed by atoms with van der Waals surface area (Å²) < 4.78 is 0.499. The van der Waals surface area contributed by atoms with Crippen molar-refractivity contribution in [2.24, 2.45) is 5.41 Å². The number of hydrogen-bond donors (Lipinski definition) is 2. The Morgan fingerprint density at radius 2 is 2.05 bits per heavy atom. The summed E-state index contributed by atoms with van der Waals surface area (Å²) in [7, 11) is 0. The molecule has 0 atom stereocenters. The molecule has 1 aromatic rings. The van der Waals surface area contributed by atoms with E-state index in [1.54, 1.807) is 18.3 Å². The fraction of sp³-hybridized carbons (Fsp3) is 0.533. The number of rotatable bonds is 5. The van der Waals surface area contributed by atoms with Crippen LogP contribution in [0.4, 0.5) is 0 Å². The lowest BCUT2D eigenvalue weighted by Crippen LogP contribution is -2.40. The highest BCUT2D eigenvalue weighted by Gasteiger charge is 2.34. The Bertz CT molecular complexity index is 527. The van der Waals surface area contributed by atoms with Gasteiger partial charge in [0.1, 0.15) is 4.60 Å². The molecular formula is C15H19BrN2O3. The Morgan fingerprint density at radius 1 is 1.33 bits per heavy atom. The number of nitrogens with zero attached hydrogens (tertiary/aromatic N) is 1. The van der Waals surface area contributed by atoms with Gasteiger partial charge in [-0.15, -0.1) is 0 Å². The van der Waals surface area contributed by atoms with Gasteiger partial charge in [0.2, 0.25) is 0 Å². The number of nitrogens with one attached hydrogen (secondary N) is 1. The van der Waals surface area contributed by atoms with Gasteiger partial charge in [0.25, 0.3) is 5.91 Å². The van der Waals surface area contributed by atoms with Crippen molar-refractivity contribution in [3.8, 4) is 0 Å². The molecule has 1 heterocycles. The molecule has 1 aliphatic carbocycles. The van der Waals surface area contributed by atoms with Gasteiger partial charge in [-0.25, -0.2) is 4.98 Å². The Kier molecular flexibility index (Phi) is 5.33. The molecule has 1 fully saturated rings. The Labute approximate surface area is 132 Å². The number of aromatic nitrogens is 1. The molecule has 0 saturated heterocycles. The molecule has 1 aromatic heterocycles. The molecular weight excluding hydrogens is 336 g/mol. The van der Waals surface area contributed by atoms with Crippen molar-refractivity contribution in [3.05, 3.63) is 28.5 Å². The van der Waals surface area contributed by atoms with Gasteiger partial charge < -0.3 is 10.4 Å². The second-order valence-corrected chi connectivity index (χ2v) is 6.41. The lowest BCUT2D eigenvalue weighted by molar-refractivity contribution is -0.140. The molecule has 6 heteroatoms. The lowest BCUT2D eigenvalue weighted by atomic mass is 9.71. The van der Waals surface area contributed by atoms with Crippen LogP contribution in [0.3, 0.4) is 0 Å². The molecule has 21 heavy (non-hydrogen) atoms. The van der Waals surface area contributed by atoms with Crippen molar-refractivity contribution in [2.45, 2.75) is 38.5 Å². The Hall–Kier alpha value is -1.43. The average Bonchev–Trinajstić information content (AvgIpc) is 2.46. The highest BCUT2D eigenvalue weighted by Crippen LogP contribution is 2.38. The molecule has 2 N–H and O–H groups in total. The fourth-order valence-corrected chi connectivity index (χ4v) is 3.39. The predicted octanol–water partition coefficient (Wildman–Crippen LogP) is 3.00. The fourth-order valence-electron chi connectivity index (χ4n) is 2.96. The summed E-state index contributed by atoms with van der Waals surface area (Å²) in [6, 6.07) is 3.39. The first kappa shape index (κ1) is 15.9. The van der Waals surface area contributed by atoms with Crippen LogP contribution < -0.4 is 5.32 Å². The number of carbonyl (C=O) groups is 2. The number of amides is 1. The van der Waals surface area contributed by atoms with E-state index < -0.39 is 5.97 Å². The van der Waals surface area contributed by atoms with Crippen LogP contribution in [0.1, 0.15) is 48.9 Å². The second-order valence-electron chi connectivity index (χ2n) is 5.66. The van der Waals surface area contributed by atoms with Gasteiger partial charge in [-0.3, -0.25) is 9.59 Å². The molecule has 0 aliphatic heterocycles. The Balaban J connectivity index is 2.03. The van der Waals surface area contributed by atoms with E-state index in [1.165, 1.54) is 0 Å². The highest BCUT2D eigenvalue weighted by molar-refractivity contribution is 9.10. The molecule has 1 saturated carbocycles. The van der Waals surface area contributed by atoms with Crippen LogP contribution >= 0.6 is 15.9 Å². The molecule has 0 unspecified atom stereocenters. The monoisotopic (exact) mass is 354 g/mol. The summed E-state index contributed by atoms with van der Waals surface area (Å²) in [6.07, 6.45) is 6.62. The minimum Gasteiger partial charge on any atom is -0.481 e. The topological polar surface area (TPSA) is 79.3 Å². The van der Waals surface area contributed by atoms with Crippen molar-refractivity contribution in [1.82, 2.24) is 10.3 Å². The van der Waals surface area contributed by atoms with Crippen molar-refractivity contribution >= 4 is 27.8 Å². The third-order valence-electron chi connectivity index (χ3n) is 4.07. The molecule has 0 radical (unpaired) electrons. The van der Waals surface area contributed by atoms with Crippen molar-refractivity contribution in [1.29, 1.82) is 0 Å². The number of hydrogen-bond acceptors (Lipinski definition) is 3. The standard InChI is InChI=1S/C15H19BrN2O3/c16-13-11(5-4-8-17-13)14(21)18-10-15(9-12(19)20)6-2-1-3-7-15/h4-5,8H,1-3,6-7,9-10H2,(H,18,21)(H,19,20). The number of carbonyl (C=O) groups excluding carboxylic acids is 1. The number of pyridine rings is 1. The van der Waals surface area contributed by atoms with E-state index in [9.17, 15) is 9.59 Å². The minimum atomic E-state index is -0.797. The quantitative estimate of drug-likeness (QED) is 0.796. The van der Waals surface area contributed by atoms with Gasteiger partial charge in [-0.1, -0.05) is 19.3 Å². The van der Waals surface area contributed by atoms with E-state index in [4.69, 9.17) is 5.11 Å². The van der Waals surface area contributed by atoms with E-state index >= 15 is 0 Å². The number of carboxylic acids is 1. The summed E-state index contributed by atoms with van der Waals surface area (Å²) in [6.45, 7) is 0.402. The SMILES string of the molecule is O=C(O)CC1(CNC(=O)c2cccnc2Br)CCCCC1. The summed E-state index contributed by atoms with van der Waals surface area (Å²) in [5.74, 6) is -1.01. The number of carboxylic acid groups (broad SMARTS) is 1. The maximum absolute atomic E-state index is 12.2. The average molecular weight is 355 g/mol. The molecule has 2 rings (SSSR count). The molecule has 1 aliphatic rings. The van der Waals surface area contributed by atoms with Crippen LogP contribution in [0.5, 0.6) is 0 Å². The van der Waals surface area contributed by atoms with Gasteiger partial charge in [0.15, 0.2) is 0 Å². The smallest absolute Gasteiger partial charge is 0.303 e. The summed E-state index contributed by atoms with van der Waals surface area (Å²) in [4.78, 5) is 27.3. The lowest BCUT2D eigenvalue weighted by Gasteiger charge is -2.36.